The molecule has 1 atom stereocenters. The molecule has 0 radical (unpaired) electrons. The molecule has 0 aliphatic heterocycles. The van der Waals surface area contributed by atoms with Crippen LogP contribution < -0.4 is 0 Å². The largest absolute Gasteiger partial charge is 0.462 e. The van der Waals surface area contributed by atoms with Crippen molar-refractivity contribution in [2.24, 2.45) is 0 Å². The van der Waals surface area contributed by atoms with Crippen molar-refractivity contribution in [3.63, 3.8) is 0 Å². The van der Waals surface area contributed by atoms with Crippen molar-refractivity contribution in [3.8, 4) is 0 Å². The molecule has 0 saturated carbocycles. The molecule has 0 aromatic heterocycles. The van der Waals surface area contributed by atoms with Crippen LogP contribution in [0.2, 0.25) is 0 Å². The average Bonchev–Trinajstić information content (AvgIpc) is 3.50. The molecule has 0 spiro atoms. The van der Waals surface area contributed by atoms with Gasteiger partial charge in [-0.15, -0.1) is 0 Å². The van der Waals surface area contributed by atoms with Gasteiger partial charge in [-0.05, 0) is 77.0 Å². The lowest BCUT2D eigenvalue weighted by atomic mass is 10.0. The van der Waals surface area contributed by atoms with Crippen LogP contribution in [0.3, 0.4) is 0 Å². The molecule has 0 aromatic carbocycles. The SMILES string of the molecule is CCCCCCC/C=C\C/C=C\CCCCCCCCCCCC(=O)OC(COC(=O)CCCCCCC/C=C\CCCCCCCCC)COC(=O)CCCCCCCCCCCCCCCCCCCCCCCCCCCCCC. The highest BCUT2D eigenvalue weighted by molar-refractivity contribution is 5.71. The van der Waals surface area contributed by atoms with Gasteiger partial charge in [0.05, 0.1) is 0 Å². The first-order chi connectivity index (χ1) is 41.0. The highest BCUT2D eigenvalue weighted by atomic mass is 16.6. The van der Waals surface area contributed by atoms with E-state index in [1.54, 1.807) is 0 Å². The van der Waals surface area contributed by atoms with Crippen LogP contribution in [0.5, 0.6) is 0 Å². The van der Waals surface area contributed by atoms with Crippen LogP contribution in [0.25, 0.3) is 0 Å². The second-order valence-corrected chi connectivity index (χ2v) is 25.6. The summed E-state index contributed by atoms with van der Waals surface area (Å²) in [6.07, 6.45) is 90.5. The maximum Gasteiger partial charge on any atom is 0.306 e. The molecule has 0 heterocycles. The Kier molecular flexibility index (Phi) is 70.0. The molecule has 6 nitrogen and oxygen atoms in total. The third kappa shape index (κ3) is 70.3. The minimum Gasteiger partial charge on any atom is -0.462 e. The number of hydrogen-bond donors (Lipinski definition) is 0. The summed E-state index contributed by atoms with van der Waals surface area (Å²) in [5.74, 6) is -0.853. The minimum atomic E-state index is -0.778. The van der Waals surface area contributed by atoms with E-state index in [0.717, 1.165) is 70.6 Å². The Morgan fingerprint density at radius 1 is 0.241 bits per heavy atom. The molecule has 83 heavy (non-hydrogen) atoms. The van der Waals surface area contributed by atoms with E-state index in [0.29, 0.717) is 19.3 Å². The fourth-order valence-electron chi connectivity index (χ4n) is 11.5. The summed E-state index contributed by atoms with van der Waals surface area (Å²) >= 11 is 0. The van der Waals surface area contributed by atoms with E-state index in [1.165, 1.54) is 308 Å². The van der Waals surface area contributed by atoms with Crippen LogP contribution >= 0.6 is 0 Å². The molecule has 0 rings (SSSR count). The summed E-state index contributed by atoms with van der Waals surface area (Å²) in [5, 5.41) is 0. The zero-order valence-electron chi connectivity index (χ0n) is 56.2. The standard InChI is InChI=1S/C77H144O6/c1-4-7-10-13-16-19-22-25-28-31-33-35-36-37-38-39-40-41-43-44-46-49-52-55-58-61-64-67-70-76(79)82-73-74(72-81-75(78)69-66-63-60-57-54-51-48-30-27-24-21-18-15-12-9-6-3)83-77(80)71-68-65-62-59-56-53-50-47-45-42-34-32-29-26-23-20-17-14-11-8-5-2/h23,26,30,32,34,48,74H,4-22,24-25,27-29,31,33,35-47,49-73H2,1-3H3/b26-23-,34-32-,48-30-. The predicted octanol–water partition coefficient (Wildman–Crippen LogP) is 25.9. The molecule has 0 aromatic rings. The Labute approximate surface area is 518 Å². The first kappa shape index (κ1) is 80.6. The Morgan fingerprint density at radius 2 is 0.434 bits per heavy atom. The lowest BCUT2D eigenvalue weighted by Gasteiger charge is -2.18. The van der Waals surface area contributed by atoms with E-state index in [1.807, 2.05) is 0 Å². The van der Waals surface area contributed by atoms with Crippen molar-refractivity contribution >= 4 is 17.9 Å². The third-order valence-corrected chi connectivity index (χ3v) is 17.1. The fourth-order valence-corrected chi connectivity index (χ4v) is 11.5. The Morgan fingerprint density at radius 3 is 0.675 bits per heavy atom. The minimum absolute atomic E-state index is 0.0716. The summed E-state index contributed by atoms with van der Waals surface area (Å²) in [6, 6.07) is 0. The monoisotopic (exact) mass is 1170 g/mol. The average molecular weight is 1170 g/mol. The molecule has 1 unspecified atom stereocenters. The Balaban J connectivity index is 4.24. The smallest absolute Gasteiger partial charge is 0.306 e. The van der Waals surface area contributed by atoms with E-state index in [9.17, 15) is 14.4 Å². The van der Waals surface area contributed by atoms with Crippen LogP contribution in [0.4, 0.5) is 0 Å². The van der Waals surface area contributed by atoms with Crippen LogP contribution in [-0.2, 0) is 28.6 Å². The van der Waals surface area contributed by atoms with Crippen LogP contribution in [-0.4, -0.2) is 37.2 Å². The molecule has 0 bridgehead atoms. The van der Waals surface area contributed by atoms with Gasteiger partial charge in [0.2, 0.25) is 0 Å². The number of esters is 3. The number of carbonyl (C=O) groups excluding carboxylic acids is 3. The van der Waals surface area contributed by atoms with E-state index in [-0.39, 0.29) is 31.1 Å². The normalized spacial score (nSPS) is 12.2. The number of allylic oxidation sites excluding steroid dienone is 6. The topological polar surface area (TPSA) is 78.9 Å². The van der Waals surface area contributed by atoms with Crippen molar-refractivity contribution in [1.29, 1.82) is 0 Å². The predicted molar refractivity (Wildman–Crippen MR) is 362 cm³/mol. The Bertz CT molecular complexity index is 1380. The zero-order valence-corrected chi connectivity index (χ0v) is 56.2. The summed E-state index contributed by atoms with van der Waals surface area (Å²) in [5.41, 5.74) is 0. The molecule has 0 amide bonds. The number of hydrogen-bond acceptors (Lipinski definition) is 6. The fraction of sp³-hybridized carbons (Fsp3) is 0.883. The number of unbranched alkanes of at least 4 members (excludes halogenated alkanes) is 53. The molecule has 488 valence electrons. The second-order valence-electron chi connectivity index (χ2n) is 25.6. The van der Waals surface area contributed by atoms with Crippen molar-refractivity contribution in [2.75, 3.05) is 13.2 Å². The second kappa shape index (κ2) is 72.1. The molecule has 0 aliphatic rings. The molecule has 6 heteroatoms. The zero-order chi connectivity index (χ0) is 59.9. The van der Waals surface area contributed by atoms with Gasteiger partial charge in [-0.2, -0.15) is 0 Å². The molecule has 0 N–H and O–H groups in total. The molecular weight excluding hydrogens is 1020 g/mol. The molecule has 0 saturated heterocycles. The third-order valence-electron chi connectivity index (χ3n) is 17.1. The highest BCUT2D eigenvalue weighted by Crippen LogP contribution is 2.19. The van der Waals surface area contributed by atoms with E-state index >= 15 is 0 Å². The molecule has 0 fully saturated rings. The first-order valence-electron chi connectivity index (χ1n) is 37.5. The maximum atomic E-state index is 13.0. The van der Waals surface area contributed by atoms with Gasteiger partial charge in [-0.3, -0.25) is 14.4 Å². The van der Waals surface area contributed by atoms with Crippen LogP contribution in [0.15, 0.2) is 36.5 Å². The number of ether oxygens (including phenoxy) is 3. The summed E-state index contributed by atoms with van der Waals surface area (Å²) < 4.78 is 17.0. The molecular formula is C77H144O6. The van der Waals surface area contributed by atoms with Crippen molar-refractivity contribution < 1.29 is 28.6 Å². The maximum absolute atomic E-state index is 13.0. The lowest BCUT2D eigenvalue weighted by molar-refractivity contribution is -0.167. The van der Waals surface area contributed by atoms with E-state index in [2.05, 4.69) is 57.2 Å². The van der Waals surface area contributed by atoms with E-state index < -0.39 is 6.10 Å². The number of rotatable bonds is 70. The highest BCUT2D eigenvalue weighted by Gasteiger charge is 2.20. The first-order valence-corrected chi connectivity index (χ1v) is 37.5. The van der Waals surface area contributed by atoms with Gasteiger partial charge in [-0.25, -0.2) is 0 Å². The van der Waals surface area contributed by atoms with Crippen molar-refractivity contribution in [2.45, 2.75) is 425 Å². The van der Waals surface area contributed by atoms with E-state index in [4.69, 9.17) is 14.2 Å². The van der Waals surface area contributed by atoms with Gasteiger partial charge in [0.25, 0.3) is 0 Å². The van der Waals surface area contributed by atoms with Gasteiger partial charge in [-0.1, -0.05) is 359 Å². The van der Waals surface area contributed by atoms with Crippen LogP contribution in [0, 0.1) is 0 Å². The number of carbonyl (C=O) groups is 3. The quantitative estimate of drug-likeness (QED) is 0.0261. The van der Waals surface area contributed by atoms with Crippen LogP contribution in [0.1, 0.15) is 419 Å². The van der Waals surface area contributed by atoms with Gasteiger partial charge in [0, 0.05) is 19.3 Å². The summed E-state index contributed by atoms with van der Waals surface area (Å²) in [6.45, 7) is 6.70. The molecule has 0 aliphatic carbocycles. The summed E-state index contributed by atoms with van der Waals surface area (Å²) in [7, 11) is 0. The van der Waals surface area contributed by atoms with Gasteiger partial charge in [0.15, 0.2) is 6.10 Å². The van der Waals surface area contributed by atoms with Gasteiger partial charge >= 0.3 is 17.9 Å². The van der Waals surface area contributed by atoms with Gasteiger partial charge in [0.1, 0.15) is 13.2 Å². The van der Waals surface area contributed by atoms with Crippen molar-refractivity contribution in [1.82, 2.24) is 0 Å². The van der Waals surface area contributed by atoms with Gasteiger partial charge < -0.3 is 14.2 Å². The lowest BCUT2D eigenvalue weighted by Crippen LogP contribution is -2.30. The van der Waals surface area contributed by atoms with Crippen molar-refractivity contribution in [3.05, 3.63) is 36.5 Å². The Hall–Kier alpha value is -2.37. The summed E-state index contributed by atoms with van der Waals surface area (Å²) in [4.78, 5) is 38.5.